The van der Waals surface area contributed by atoms with Gasteiger partial charge in [-0.15, -0.1) is 0 Å². The molecule has 1 aliphatic carbocycles. The van der Waals surface area contributed by atoms with Gasteiger partial charge < -0.3 is 4.74 Å². The summed E-state index contributed by atoms with van der Waals surface area (Å²) in [6.07, 6.45) is 2.57. The van der Waals surface area contributed by atoms with E-state index >= 15 is 0 Å². The van der Waals surface area contributed by atoms with E-state index in [1.54, 1.807) is 0 Å². The number of esters is 1. The molecule has 62 valence electrons. The van der Waals surface area contributed by atoms with Crippen LogP contribution in [0.5, 0.6) is 0 Å². The van der Waals surface area contributed by atoms with Crippen LogP contribution in [0.1, 0.15) is 26.2 Å². The Balaban J connectivity index is 2.16. The molecule has 0 bridgehead atoms. The molecule has 0 aromatic heterocycles. The summed E-state index contributed by atoms with van der Waals surface area (Å²) >= 11 is 0. The topological polar surface area (TPSA) is 26.3 Å². The molecule has 0 spiro atoms. The molecule has 0 aromatic rings. The Bertz CT molecular complexity index is 164. The van der Waals surface area contributed by atoms with Crippen molar-refractivity contribution in [3.05, 3.63) is 12.2 Å². The predicted molar refractivity (Wildman–Crippen MR) is 43.1 cm³/mol. The summed E-state index contributed by atoms with van der Waals surface area (Å²) in [6, 6.07) is 0. The lowest BCUT2D eigenvalue weighted by atomic mass is 9.81. The number of carbonyl (C=O) groups excluding carboxylic acids is 1. The summed E-state index contributed by atoms with van der Waals surface area (Å²) in [5.74, 6) is 0.0771. The van der Waals surface area contributed by atoms with Crippen LogP contribution >= 0.6 is 0 Å². The first kappa shape index (κ1) is 8.31. The van der Waals surface area contributed by atoms with Gasteiger partial charge in [0.05, 0.1) is 12.5 Å². The van der Waals surface area contributed by atoms with Gasteiger partial charge in [0, 0.05) is 0 Å². The van der Waals surface area contributed by atoms with E-state index in [9.17, 15) is 4.79 Å². The van der Waals surface area contributed by atoms with Crippen molar-refractivity contribution in [2.45, 2.75) is 26.2 Å². The lowest BCUT2D eigenvalue weighted by Crippen LogP contribution is -2.25. The van der Waals surface area contributed by atoms with Crippen LogP contribution in [0.2, 0.25) is 0 Å². The number of hydrogen-bond acceptors (Lipinski definition) is 2. The molecule has 0 atom stereocenters. The average molecular weight is 154 g/mol. The maximum Gasteiger partial charge on any atom is 0.309 e. The van der Waals surface area contributed by atoms with Crippen molar-refractivity contribution in [3.8, 4) is 0 Å². The van der Waals surface area contributed by atoms with E-state index in [1.165, 1.54) is 5.57 Å². The molecule has 0 radical (unpaired) electrons. The van der Waals surface area contributed by atoms with E-state index in [-0.39, 0.29) is 11.9 Å². The maximum absolute atomic E-state index is 11.1. The summed E-state index contributed by atoms with van der Waals surface area (Å²) in [5, 5.41) is 0. The molecule has 1 rings (SSSR count). The molecule has 0 unspecified atom stereocenters. The molecule has 11 heavy (non-hydrogen) atoms. The van der Waals surface area contributed by atoms with Gasteiger partial charge in [0.1, 0.15) is 0 Å². The number of hydrogen-bond donors (Lipinski definition) is 0. The standard InChI is InChI=1S/C9H14O2/c1-3-4-11-9(10)8-5-7(2)6-8/h8H,2-6H2,1H3. The lowest BCUT2D eigenvalue weighted by Gasteiger charge is -2.25. The third-order valence-corrected chi connectivity index (χ3v) is 1.85. The largest absolute Gasteiger partial charge is 0.465 e. The van der Waals surface area contributed by atoms with Gasteiger partial charge in [0.2, 0.25) is 0 Å². The van der Waals surface area contributed by atoms with Crippen molar-refractivity contribution in [1.82, 2.24) is 0 Å². The zero-order valence-electron chi connectivity index (χ0n) is 6.93. The minimum Gasteiger partial charge on any atom is -0.465 e. The summed E-state index contributed by atoms with van der Waals surface area (Å²) in [4.78, 5) is 11.1. The van der Waals surface area contributed by atoms with E-state index < -0.39 is 0 Å². The molecule has 2 heteroatoms. The van der Waals surface area contributed by atoms with Gasteiger partial charge in [-0.05, 0) is 19.3 Å². The molecular weight excluding hydrogens is 140 g/mol. The number of ether oxygens (including phenoxy) is 1. The van der Waals surface area contributed by atoms with Crippen LogP contribution in [0.25, 0.3) is 0 Å². The van der Waals surface area contributed by atoms with Gasteiger partial charge in [0.15, 0.2) is 0 Å². The maximum atomic E-state index is 11.1. The number of allylic oxidation sites excluding steroid dienone is 1. The van der Waals surface area contributed by atoms with E-state index in [2.05, 4.69) is 6.58 Å². The van der Waals surface area contributed by atoms with Gasteiger partial charge in [-0.1, -0.05) is 19.1 Å². The van der Waals surface area contributed by atoms with Crippen molar-refractivity contribution < 1.29 is 9.53 Å². The van der Waals surface area contributed by atoms with Crippen molar-refractivity contribution in [2.24, 2.45) is 5.92 Å². The quantitative estimate of drug-likeness (QED) is 0.458. The van der Waals surface area contributed by atoms with Crippen LogP contribution in [-0.4, -0.2) is 12.6 Å². The van der Waals surface area contributed by atoms with Gasteiger partial charge >= 0.3 is 5.97 Å². The predicted octanol–water partition coefficient (Wildman–Crippen LogP) is 1.91. The lowest BCUT2D eigenvalue weighted by molar-refractivity contribution is -0.149. The van der Waals surface area contributed by atoms with Crippen LogP contribution in [0.4, 0.5) is 0 Å². The zero-order valence-corrected chi connectivity index (χ0v) is 6.93. The van der Waals surface area contributed by atoms with Crippen molar-refractivity contribution in [3.63, 3.8) is 0 Å². The van der Waals surface area contributed by atoms with Gasteiger partial charge in [-0.2, -0.15) is 0 Å². The summed E-state index contributed by atoms with van der Waals surface area (Å²) in [6.45, 7) is 6.32. The minimum absolute atomic E-state index is 0.0424. The van der Waals surface area contributed by atoms with Crippen LogP contribution in [-0.2, 0) is 9.53 Å². The highest BCUT2D eigenvalue weighted by Gasteiger charge is 2.29. The molecule has 0 amide bonds. The Labute approximate surface area is 67.2 Å². The van der Waals surface area contributed by atoms with E-state index in [4.69, 9.17) is 4.74 Å². The van der Waals surface area contributed by atoms with Crippen molar-refractivity contribution in [1.29, 1.82) is 0 Å². The van der Waals surface area contributed by atoms with Crippen LogP contribution in [0.3, 0.4) is 0 Å². The highest BCUT2D eigenvalue weighted by atomic mass is 16.5. The first-order valence-electron chi connectivity index (χ1n) is 4.07. The summed E-state index contributed by atoms with van der Waals surface area (Å²) < 4.78 is 4.96. The van der Waals surface area contributed by atoms with E-state index in [1.807, 2.05) is 6.92 Å². The smallest absolute Gasteiger partial charge is 0.309 e. The fourth-order valence-corrected chi connectivity index (χ4v) is 1.12. The molecule has 1 aliphatic rings. The molecule has 2 nitrogen and oxygen atoms in total. The Kier molecular flexibility index (Phi) is 2.69. The molecule has 0 aromatic carbocycles. The number of rotatable bonds is 3. The highest BCUT2D eigenvalue weighted by molar-refractivity contribution is 5.74. The Hall–Kier alpha value is -0.790. The average Bonchev–Trinajstić information content (AvgIpc) is 1.94. The summed E-state index contributed by atoms with van der Waals surface area (Å²) in [5.41, 5.74) is 1.17. The Morgan fingerprint density at radius 2 is 2.36 bits per heavy atom. The Morgan fingerprint density at radius 1 is 1.73 bits per heavy atom. The third-order valence-electron chi connectivity index (χ3n) is 1.85. The van der Waals surface area contributed by atoms with Gasteiger partial charge in [-0.25, -0.2) is 0 Å². The zero-order chi connectivity index (χ0) is 8.27. The molecular formula is C9H14O2. The van der Waals surface area contributed by atoms with E-state index in [0.29, 0.717) is 6.61 Å². The van der Waals surface area contributed by atoms with Gasteiger partial charge in [0.25, 0.3) is 0 Å². The fraction of sp³-hybridized carbons (Fsp3) is 0.667. The van der Waals surface area contributed by atoms with Gasteiger partial charge in [-0.3, -0.25) is 4.79 Å². The minimum atomic E-state index is -0.0424. The first-order chi connectivity index (χ1) is 5.24. The molecule has 0 aliphatic heterocycles. The molecule has 1 fully saturated rings. The molecule has 0 N–H and O–H groups in total. The summed E-state index contributed by atoms with van der Waals surface area (Å²) in [7, 11) is 0. The monoisotopic (exact) mass is 154 g/mol. The van der Waals surface area contributed by atoms with Crippen molar-refractivity contribution >= 4 is 5.97 Å². The fourth-order valence-electron chi connectivity index (χ4n) is 1.12. The Morgan fingerprint density at radius 3 is 2.82 bits per heavy atom. The van der Waals surface area contributed by atoms with Crippen molar-refractivity contribution in [2.75, 3.05) is 6.61 Å². The second-order valence-electron chi connectivity index (χ2n) is 3.02. The highest BCUT2D eigenvalue weighted by Crippen LogP contribution is 2.32. The van der Waals surface area contributed by atoms with Crippen LogP contribution in [0, 0.1) is 5.92 Å². The SMILES string of the molecule is C=C1CC(C(=O)OCCC)C1. The normalized spacial score (nSPS) is 17.7. The second kappa shape index (κ2) is 3.56. The molecule has 1 saturated carbocycles. The van der Waals surface area contributed by atoms with Crippen LogP contribution in [0.15, 0.2) is 12.2 Å². The molecule has 0 heterocycles. The second-order valence-corrected chi connectivity index (χ2v) is 3.02. The number of carbonyl (C=O) groups is 1. The van der Waals surface area contributed by atoms with Crippen LogP contribution < -0.4 is 0 Å². The third kappa shape index (κ3) is 2.07. The molecule has 0 saturated heterocycles. The van der Waals surface area contributed by atoms with E-state index in [0.717, 1.165) is 19.3 Å². The first-order valence-corrected chi connectivity index (χ1v) is 4.07.